The molecule has 6 heteroatoms. The van der Waals surface area contributed by atoms with E-state index in [1.807, 2.05) is 0 Å². The molecule has 0 aliphatic carbocycles. The van der Waals surface area contributed by atoms with Crippen molar-refractivity contribution in [3.8, 4) is 0 Å². The molecule has 0 spiro atoms. The lowest BCUT2D eigenvalue weighted by Crippen LogP contribution is -2.40. The maximum absolute atomic E-state index is 13.0. The van der Waals surface area contributed by atoms with Crippen molar-refractivity contribution in [2.75, 3.05) is 13.1 Å². The number of nitrogens with zero attached hydrogens (tertiary/aromatic N) is 2. The van der Waals surface area contributed by atoms with Crippen LogP contribution in [0.5, 0.6) is 0 Å². The third-order valence-corrected chi connectivity index (χ3v) is 4.84. The van der Waals surface area contributed by atoms with Gasteiger partial charge in [0.05, 0.1) is 6.10 Å². The molecule has 1 aromatic carbocycles. The van der Waals surface area contributed by atoms with Crippen LogP contribution >= 0.6 is 0 Å². The summed E-state index contributed by atoms with van der Waals surface area (Å²) < 4.78 is 14.4. The smallest absolute Gasteiger partial charge is 0.254 e. The van der Waals surface area contributed by atoms with Crippen molar-refractivity contribution in [3.05, 3.63) is 69.9 Å². The maximum Gasteiger partial charge on any atom is 0.254 e. The van der Waals surface area contributed by atoms with Gasteiger partial charge in [0.1, 0.15) is 5.82 Å². The van der Waals surface area contributed by atoms with Gasteiger partial charge in [0.15, 0.2) is 0 Å². The first-order valence-electron chi connectivity index (χ1n) is 8.35. The highest BCUT2D eigenvalue weighted by atomic mass is 19.1. The van der Waals surface area contributed by atoms with E-state index in [-0.39, 0.29) is 23.2 Å². The Bertz CT molecular complexity index is 808. The predicted octanol–water partition coefficient (Wildman–Crippen LogP) is 2.11. The topological polar surface area (TPSA) is 62.5 Å². The molecule has 25 heavy (non-hydrogen) atoms. The Morgan fingerprint density at radius 2 is 1.84 bits per heavy atom. The van der Waals surface area contributed by atoms with Crippen molar-refractivity contribution in [1.82, 2.24) is 9.47 Å². The number of halogens is 1. The van der Waals surface area contributed by atoms with Gasteiger partial charge in [0.25, 0.3) is 11.5 Å². The summed E-state index contributed by atoms with van der Waals surface area (Å²) in [6.07, 6.45) is 2.24. The number of likely N-dealkylation sites (tertiary alicyclic amines) is 1. The number of hydrogen-bond donors (Lipinski definition) is 1. The van der Waals surface area contributed by atoms with Crippen molar-refractivity contribution >= 4 is 5.91 Å². The minimum atomic E-state index is -0.665. The fourth-order valence-electron chi connectivity index (χ4n) is 3.21. The van der Waals surface area contributed by atoms with Crippen molar-refractivity contribution < 1.29 is 14.3 Å². The molecule has 1 atom stereocenters. The molecule has 1 N–H and O–H groups in total. The van der Waals surface area contributed by atoms with E-state index >= 15 is 0 Å². The molecule has 1 aromatic heterocycles. The molecule has 1 fully saturated rings. The first-order valence-corrected chi connectivity index (χ1v) is 8.35. The molecule has 1 aliphatic rings. The zero-order chi connectivity index (χ0) is 18.0. The lowest BCUT2D eigenvalue weighted by molar-refractivity contribution is 0.0462. The molecule has 3 rings (SSSR count). The number of aliphatic hydroxyl groups excluding tert-OH is 1. The number of carbonyl (C=O) groups is 1. The molecular weight excluding hydrogens is 323 g/mol. The maximum atomic E-state index is 13.0. The van der Waals surface area contributed by atoms with E-state index in [4.69, 9.17) is 0 Å². The van der Waals surface area contributed by atoms with E-state index in [1.54, 1.807) is 36.3 Å². The molecule has 132 valence electrons. The lowest BCUT2D eigenvalue weighted by Gasteiger charge is -2.34. The standard InChI is InChI=1S/C19H21FN2O3/c1-21-9-6-15(12-17(21)23)19(25)22-10-7-14(8-11-22)18(24)13-2-4-16(20)5-3-13/h2-6,9,12,14,18,24H,7-8,10-11H2,1H3. The molecule has 1 saturated heterocycles. The highest BCUT2D eigenvalue weighted by molar-refractivity contribution is 5.94. The Labute approximate surface area is 145 Å². The molecule has 1 aliphatic heterocycles. The SMILES string of the molecule is Cn1ccc(C(=O)N2CCC(C(O)c3ccc(F)cc3)CC2)cc1=O. The Balaban J connectivity index is 1.63. The molecule has 1 amide bonds. The number of hydrogen-bond acceptors (Lipinski definition) is 3. The number of aromatic nitrogens is 1. The molecule has 5 nitrogen and oxygen atoms in total. The molecule has 2 heterocycles. The quantitative estimate of drug-likeness (QED) is 0.928. The minimum Gasteiger partial charge on any atom is -0.388 e. The van der Waals surface area contributed by atoms with E-state index < -0.39 is 6.10 Å². The van der Waals surface area contributed by atoms with E-state index in [0.29, 0.717) is 37.1 Å². The number of carbonyl (C=O) groups excluding carboxylic acids is 1. The fraction of sp³-hybridized carbons (Fsp3) is 0.368. The first-order chi connectivity index (χ1) is 12.0. The lowest BCUT2D eigenvalue weighted by atomic mass is 9.87. The van der Waals surface area contributed by atoms with Gasteiger partial charge in [0.2, 0.25) is 0 Å². The van der Waals surface area contributed by atoms with Crippen LogP contribution in [0.4, 0.5) is 4.39 Å². The molecule has 0 bridgehead atoms. The Morgan fingerprint density at radius 1 is 1.20 bits per heavy atom. The second-order valence-electron chi connectivity index (χ2n) is 6.49. The number of pyridine rings is 1. The summed E-state index contributed by atoms with van der Waals surface area (Å²) in [4.78, 5) is 25.9. The van der Waals surface area contributed by atoms with Gasteiger partial charge in [0, 0.05) is 38.0 Å². The van der Waals surface area contributed by atoms with E-state index in [0.717, 1.165) is 0 Å². The molecule has 2 aromatic rings. The van der Waals surface area contributed by atoms with Crippen LogP contribution < -0.4 is 5.56 Å². The highest BCUT2D eigenvalue weighted by Gasteiger charge is 2.28. The minimum absolute atomic E-state index is 0.0261. The van der Waals surface area contributed by atoms with Crippen molar-refractivity contribution in [3.63, 3.8) is 0 Å². The average molecular weight is 344 g/mol. The zero-order valence-corrected chi connectivity index (χ0v) is 14.1. The van der Waals surface area contributed by atoms with E-state index in [1.165, 1.54) is 22.8 Å². The summed E-state index contributed by atoms with van der Waals surface area (Å²) in [6, 6.07) is 8.86. The Morgan fingerprint density at radius 3 is 2.44 bits per heavy atom. The van der Waals surface area contributed by atoms with E-state index in [9.17, 15) is 19.1 Å². The van der Waals surface area contributed by atoms with Crippen LogP contribution in [0.3, 0.4) is 0 Å². The van der Waals surface area contributed by atoms with Gasteiger partial charge in [-0.3, -0.25) is 9.59 Å². The normalized spacial score (nSPS) is 16.7. The second kappa shape index (κ2) is 7.19. The second-order valence-corrected chi connectivity index (χ2v) is 6.49. The molecule has 1 unspecified atom stereocenters. The van der Waals surface area contributed by atoms with Gasteiger partial charge < -0.3 is 14.6 Å². The summed E-state index contributed by atoms with van der Waals surface area (Å²) in [7, 11) is 1.64. The van der Waals surface area contributed by atoms with Crippen LogP contribution in [-0.4, -0.2) is 33.6 Å². The fourth-order valence-corrected chi connectivity index (χ4v) is 3.21. The zero-order valence-electron chi connectivity index (χ0n) is 14.1. The van der Waals surface area contributed by atoms with E-state index in [2.05, 4.69) is 0 Å². The van der Waals surface area contributed by atoms with Crippen LogP contribution in [0.25, 0.3) is 0 Å². The summed E-state index contributed by atoms with van der Waals surface area (Å²) in [5.41, 5.74) is 0.867. The largest absolute Gasteiger partial charge is 0.388 e. The Kier molecular flexibility index (Phi) is 4.99. The molecular formula is C19H21FN2O3. The van der Waals surface area contributed by atoms with Crippen LogP contribution in [0.2, 0.25) is 0 Å². The van der Waals surface area contributed by atoms with Gasteiger partial charge in [-0.2, -0.15) is 0 Å². The van der Waals surface area contributed by atoms with Crippen LogP contribution in [0.1, 0.15) is 34.9 Å². The summed E-state index contributed by atoms with van der Waals surface area (Å²) in [5, 5.41) is 10.5. The monoisotopic (exact) mass is 344 g/mol. The summed E-state index contributed by atoms with van der Waals surface area (Å²) in [6.45, 7) is 1.05. The predicted molar refractivity (Wildman–Crippen MR) is 91.7 cm³/mol. The first kappa shape index (κ1) is 17.4. The number of piperidine rings is 1. The number of rotatable bonds is 3. The van der Waals surface area contributed by atoms with Crippen molar-refractivity contribution in [2.24, 2.45) is 13.0 Å². The molecule has 0 saturated carbocycles. The van der Waals surface area contributed by atoms with Gasteiger partial charge >= 0.3 is 0 Å². The number of amides is 1. The van der Waals surface area contributed by atoms with Gasteiger partial charge in [-0.25, -0.2) is 4.39 Å². The number of aryl methyl sites for hydroxylation is 1. The van der Waals surface area contributed by atoms with Gasteiger partial charge in [-0.15, -0.1) is 0 Å². The average Bonchev–Trinajstić information content (AvgIpc) is 2.63. The Hall–Kier alpha value is -2.47. The highest BCUT2D eigenvalue weighted by Crippen LogP contribution is 2.31. The van der Waals surface area contributed by atoms with Gasteiger partial charge in [-0.05, 0) is 42.5 Å². The summed E-state index contributed by atoms with van der Waals surface area (Å²) in [5.74, 6) is -0.462. The van der Waals surface area contributed by atoms with Crippen molar-refractivity contribution in [1.29, 1.82) is 0 Å². The third-order valence-electron chi connectivity index (χ3n) is 4.84. The van der Waals surface area contributed by atoms with Crippen LogP contribution in [-0.2, 0) is 7.05 Å². The van der Waals surface area contributed by atoms with Gasteiger partial charge in [-0.1, -0.05) is 12.1 Å². The molecule has 0 radical (unpaired) electrons. The van der Waals surface area contributed by atoms with Crippen molar-refractivity contribution in [2.45, 2.75) is 18.9 Å². The number of aliphatic hydroxyl groups is 1. The van der Waals surface area contributed by atoms with Crippen LogP contribution in [0.15, 0.2) is 47.4 Å². The number of benzene rings is 1. The third kappa shape index (κ3) is 3.79. The summed E-state index contributed by atoms with van der Waals surface area (Å²) >= 11 is 0. The van der Waals surface area contributed by atoms with Crippen LogP contribution in [0, 0.1) is 11.7 Å².